The van der Waals surface area contributed by atoms with Crippen molar-refractivity contribution in [2.45, 2.75) is 95.3 Å². The number of carboxylic acid groups (broad SMARTS) is 5. The molecule has 2 aromatic rings. The minimum absolute atomic E-state index is 0.00929. The molecule has 7 atom stereocenters. The first-order chi connectivity index (χ1) is 39.9. The Morgan fingerprint density at radius 2 is 1.14 bits per heavy atom. The van der Waals surface area contributed by atoms with E-state index in [4.69, 9.17) is 5.73 Å². The second-order valence-electron chi connectivity index (χ2n) is 20.6. The highest BCUT2D eigenvalue weighted by Crippen LogP contribution is 2.19. The summed E-state index contributed by atoms with van der Waals surface area (Å²) in [6.45, 7) is -2.13. The van der Waals surface area contributed by atoms with Crippen molar-refractivity contribution in [1.82, 2.24) is 50.8 Å². The number of nitrogens with one attached hydrogen (secondary N) is 5. The van der Waals surface area contributed by atoms with Crippen LogP contribution in [0.2, 0.25) is 0 Å². The highest BCUT2D eigenvalue weighted by molar-refractivity contribution is 5.97. The fraction of sp³-hybridized carbons (Fsp3) is 0.611. The molecule has 30 heteroatoms. The summed E-state index contributed by atoms with van der Waals surface area (Å²) in [5, 5.41) is 85.2. The fourth-order valence-corrected chi connectivity index (χ4v) is 9.42. The molecule has 2 unspecified atom stereocenters. The van der Waals surface area contributed by atoms with E-state index in [0.29, 0.717) is 17.7 Å². The van der Waals surface area contributed by atoms with E-state index in [1.807, 2.05) is 0 Å². The summed E-state index contributed by atoms with van der Waals surface area (Å²) < 4.78 is 0. The van der Waals surface area contributed by atoms with Gasteiger partial charge in [-0.2, -0.15) is 0 Å². The van der Waals surface area contributed by atoms with Crippen LogP contribution in [0.15, 0.2) is 42.9 Å². The maximum atomic E-state index is 14.0. The van der Waals surface area contributed by atoms with Crippen molar-refractivity contribution in [3.05, 3.63) is 54.1 Å². The highest BCUT2D eigenvalue weighted by Gasteiger charge is 2.35. The molecule has 84 heavy (non-hydrogen) atoms. The standard InChI is InChI=1S/C54H81N11O19/c1-34(59-50(79)38(26-46(71)72)23-40(68)9-5-11-55)44(69)24-37(22-39-27-56-33-58-39)52(81)60-41(31-66)45(70)25-36(21-35-7-3-2-4-8-35)51(80)61-42(32-67)53(82)57-12-6-10-43(54(83)84)65-19-17-63(29-48(75)76)15-13-62(28-47(73)74)14-16-64(18-20-65)30-49(77)78/h2-4,7-8,27,33-34,36-38,41-43,66-67H,5-6,9-26,28-32,55H2,1H3,(H,56,58)(H,57,82)(H,59,79)(H,60,81)(H,61,80)(H,71,72)(H,73,74)(H,75,76)(H,77,78)(H,83,84)/p-3/t34-,36+,37+,38-,41-,42?,43?/m0/s1. The van der Waals surface area contributed by atoms with Crippen LogP contribution in [0.5, 0.6) is 0 Å². The minimum atomic E-state index is -1.64. The number of hydrogen-bond acceptors (Lipinski definition) is 23. The molecule has 1 saturated heterocycles. The van der Waals surface area contributed by atoms with E-state index in [-0.39, 0.29) is 97.6 Å². The van der Waals surface area contributed by atoms with E-state index < -0.39 is 171 Å². The van der Waals surface area contributed by atoms with Crippen LogP contribution < -0.4 is 42.3 Å². The number of nitrogens with zero attached hydrogens (tertiary/aromatic N) is 5. The predicted molar refractivity (Wildman–Crippen MR) is 288 cm³/mol. The lowest BCUT2D eigenvalue weighted by molar-refractivity contribution is -0.308. The molecule has 2 heterocycles. The molecule has 466 valence electrons. The first-order valence-corrected chi connectivity index (χ1v) is 27.6. The van der Waals surface area contributed by atoms with Gasteiger partial charge in [-0.05, 0) is 44.7 Å². The number of carboxylic acids is 5. The molecule has 1 aliphatic rings. The molecular weight excluding hydrogens is 1110 g/mol. The number of aliphatic carboxylic acids is 5. The van der Waals surface area contributed by atoms with Gasteiger partial charge in [0.1, 0.15) is 23.9 Å². The van der Waals surface area contributed by atoms with E-state index in [0.717, 1.165) is 0 Å². The van der Waals surface area contributed by atoms with Gasteiger partial charge in [-0.25, -0.2) is 4.98 Å². The van der Waals surface area contributed by atoms with E-state index >= 15 is 0 Å². The smallest absolute Gasteiger partial charge is 0.320 e. The van der Waals surface area contributed by atoms with Crippen LogP contribution in [0, 0.1) is 17.8 Å². The number of aromatic amines is 1. The van der Waals surface area contributed by atoms with Gasteiger partial charge in [0, 0.05) is 128 Å². The average Bonchev–Trinajstić information content (AvgIpc) is 4.12. The number of aliphatic hydroxyl groups is 2. The van der Waals surface area contributed by atoms with Crippen LogP contribution >= 0.6 is 0 Å². The molecular formula is C54H78N11O19-3. The molecule has 11 N–H and O–H groups in total. The maximum absolute atomic E-state index is 14.0. The Kier molecular flexibility index (Phi) is 31.6. The molecule has 3 rings (SSSR count). The first kappa shape index (κ1) is 70.7. The Bertz CT molecular complexity index is 2470. The van der Waals surface area contributed by atoms with Gasteiger partial charge < -0.3 is 82.1 Å². The summed E-state index contributed by atoms with van der Waals surface area (Å²) >= 11 is 0. The molecule has 1 aromatic heterocycles. The molecule has 1 fully saturated rings. The summed E-state index contributed by atoms with van der Waals surface area (Å²) in [6, 6.07) is 2.60. The number of imidazole rings is 1. The Morgan fingerprint density at radius 3 is 1.63 bits per heavy atom. The number of nitrogens with two attached hydrogens (primary N) is 1. The molecule has 1 aromatic carbocycles. The summed E-state index contributed by atoms with van der Waals surface area (Å²) in [5.74, 6) is -16.2. The zero-order valence-electron chi connectivity index (χ0n) is 47.0. The van der Waals surface area contributed by atoms with Crippen LogP contribution in [0.3, 0.4) is 0 Å². The van der Waals surface area contributed by atoms with Gasteiger partial charge in [-0.15, -0.1) is 0 Å². The third-order valence-electron chi connectivity index (χ3n) is 14.1. The molecule has 0 aliphatic carbocycles. The SMILES string of the molecule is C[C@H](NC(=O)[C@H](CC(=O)O)CC(=O)CCCN)C(=O)C[C@@H](Cc1cnc[nH]1)C(=O)N[C@@H](CO)C(=O)C[C@@H](Cc1ccccc1)C(=O)NC(CO)C(=O)NCCCC(C(=O)O)N1CCN(CC(=O)[O-])CCN(CC(=O)[O-])CCN(CC(=O)[O-])CC1. The number of carbonyl (C=O) groups is 12. The number of aromatic nitrogens is 2. The maximum Gasteiger partial charge on any atom is 0.320 e. The number of amides is 4. The van der Waals surface area contributed by atoms with E-state index in [9.17, 15) is 93.3 Å². The molecule has 0 saturated carbocycles. The van der Waals surface area contributed by atoms with Gasteiger partial charge in [0.25, 0.3) is 0 Å². The highest BCUT2D eigenvalue weighted by atomic mass is 16.4. The lowest BCUT2D eigenvalue weighted by Gasteiger charge is -2.36. The fourth-order valence-electron chi connectivity index (χ4n) is 9.42. The summed E-state index contributed by atoms with van der Waals surface area (Å²) in [7, 11) is 0. The van der Waals surface area contributed by atoms with E-state index in [1.54, 1.807) is 30.3 Å². The third kappa shape index (κ3) is 26.7. The lowest BCUT2D eigenvalue weighted by Crippen LogP contribution is -2.53. The number of Topliss-reactive ketones (excluding diaryl/α,β-unsaturated/α-hetero) is 3. The van der Waals surface area contributed by atoms with Crippen LogP contribution in [-0.2, 0) is 70.4 Å². The van der Waals surface area contributed by atoms with Crippen molar-refractivity contribution in [3.8, 4) is 0 Å². The van der Waals surface area contributed by atoms with Gasteiger partial charge in [0.05, 0.1) is 61.7 Å². The zero-order valence-corrected chi connectivity index (χ0v) is 47.0. The van der Waals surface area contributed by atoms with Crippen LogP contribution in [0.1, 0.15) is 69.5 Å². The van der Waals surface area contributed by atoms with Gasteiger partial charge in [-0.3, -0.25) is 62.8 Å². The van der Waals surface area contributed by atoms with Crippen molar-refractivity contribution in [2.24, 2.45) is 23.5 Å². The third-order valence-corrected chi connectivity index (χ3v) is 14.1. The zero-order chi connectivity index (χ0) is 62.3. The van der Waals surface area contributed by atoms with Gasteiger partial charge >= 0.3 is 11.9 Å². The molecule has 0 spiro atoms. The average molecular weight is 1190 g/mol. The second kappa shape index (κ2) is 37.6. The van der Waals surface area contributed by atoms with Crippen molar-refractivity contribution in [2.75, 3.05) is 98.3 Å². The van der Waals surface area contributed by atoms with E-state index in [1.165, 1.54) is 39.0 Å². The molecule has 4 amide bonds. The summed E-state index contributed by atoms with van der Waals surface area (Å²) in [5.41, 5.74) is 6.42. The van der Waals surface area contributed by atoms with Gasteiger partial charge in [0.15, 0.2) is 11.6 Å². The number of ketones is 3. The van der Waals surface area contributed by atoms with Crippen molar-refractivity contribution in [1.29, 1.82) is 0 Å². The monoisotopic (exact) mass is 1180 g/mol. The van der Waals surface area contributed by atoms with Crippen molar-refractivity contribution >= 4 is 70.8 Å². The van der Waals surface area contributed by atoms with Crippen LogP contribution in [0.25, 0.3) is 0 Å². The topological polar surface area (TPSA) is 471 Å². The number of carbonyl (C=O) groups excluding carboxylic acids is 10. The Morgan fingerprint density at radius 1 is 0.631 bits per heavy atom. The van der Waals surface area contributed by atoms with Gasteiger partial charge in [-0.1, -0.05) is 30.3 Å². The first-order valence-electron chi connectivity index (χ1n) is 27.6. The van der Waals surface area contributed by atoms with Crippen LogP contribution in [-0.4, -0.2) is 243 Å². The van der Waals surface area contributed by atoms with E-state index in [2.05, 4.69) is 31.2 Å². The Hall–Kier alpha value is -7.61. The largest absolute Gasteiger partial charge is 0.549 e. The van der Waals surface area contributed by atoms with Crippen LogP contribution in [0.4, 0.5) is 0 Å². The minimum Gasteiger partial charge on any atom is -0.549 e. The quantitative estimate of drug-likeness (QED) is 0.0279. The molecule has 1 aliphatic heterocycles. The summed E-state index contributed by atoms with van der Waals surface area (Å²) in [4.78, 5) is 166. The van der Waals surface area contributed by atoms with Crippen molar-refractivity contribution in [3.63, 3.8) is 0 Å². The van der Waals surface area contributed by atoms with Gasteiger partial charge in [0.2, 0.25) is 23.6 Å². The Balaban J connectivity index is 1.73. The number of hydrogen-bond donors (Lipinski definition) is 10. The lowest BCUT2D eigenvalue weighted by atomic mass is 9.90. The number of benzene rings is 1. The second-order valence-corrected chi connectivity index (χ2v) is 20.6. The Labute approximate surface area is 484 Å². The summed E-state index contributed by atoms with van der Waals surface area (Å²) in [6.07, 6.45) is 0.409. The number of rotatable bonds is 38. The van der Waals surface area contributed by atoms with Crippen molar-refractivity contribution < 1.29 is 93.3 Å². The number of aliphatic hydroxyl groups excluding tert-OH is 2. The predicted octanol–water partition coefficient (Wildman–Crippen LogP) is -7.59. The molecule has 0 bridgehead atoms. The normalized spacial score (nSPS) is 16.6. The number of H-pyrrole nitrogens is 1. The molecule has 0 radical (unpaired) electrons. The molecule has 30 nitrogen and oxygen atoms in total.